The molecule has 4 nitrogen and oxygen atoms in total. The van der Waals surface area contributed by atoms with Crippen LogP contribution in [0.15, 0.2) is 23.1 Å². The van der Waals surface area contributed by atoms with Crippen molar-refractivity contribution in [2.24, 2.45) is 11.8 Å². The summed E-state index contributed by atoms with van der Waals surface area (Å²) in [4.78, 5) is 12.1. The number of rotatable bonds is 4. The van der Waals surface area contributed by atoms with Crippen LogP contribution < -0.4 is 17.0 Å². The summed E-state index contributed by atoms with van der Waals surface area (Å²) in [5.74, 6) is 4.22. The number of amides is 1. The lowest BCUT2D eigenvalue weighted by atomic mass is 10.1. The maximum absolute atomic E-state index is 12.9. The Bertz CT molecular complexity index is 414. The second kappa shape index (κ2) is 5.88. The van der Waals surface area contributed by atoms with Gasteiger partial charge in [-0.1, -0.05) is 13.8 Å². The molecule has 6 heteroatoms. The predicted octanol–water partition coefficient (Wildman–Crippen LogP) is 1.51. The van der Waals surface area contributed by atoms with Gasteiger partial charge in [-0.15, -0.1) is 11.8 Å². The van der Waals surface area contributed by atoms with E-state index in [0.29, 0.717) is 5.69 Å². The smallest absolute Gasteiger partial charge is 0.237 e. The van der Waals surface area contributed by atoms with Crippen LogP contribution in [0.5, 0.6) is 0 Å². The summed E-state index contributed by atoms with van der Waals surface area (Å²) in [5, 5.41) is -0.00805. The maximum atomic E-state index is 12.9. The molecule has 0 aliphatic carbocycles. The Kier molecular flexibility index (Phi) is 4.77. The van der Waals surface area contributed by atoms with E-state index in [1.54, 1.807) is 13.0 Å². The van der Waals surface area contributed by atoms with Crippen molar-refractivity contribution in [3.63, 3.8) is 0 Å². The second-order valence-corrected chi connectivity index (χ2v) is 5.22. The summed E-state index contributed by atoms with van der Waals surface area (Å²) in [6.45, 7) is 3.67. The van der Waals surface area contributed by atoms with Crippen molar-refractivity contribution >= 4 is 23.4 Å². The third-order valence-electron chi connectivity index (χ3n) is 2.54. The van der Waals surface area contributed by atoms with Crippen LogP contribution in [-0.4, -0.2) is 11.2 Å². The van der Waals surface area contributed by atoms with Crippen molar-refractivity contribution in [2.75, 3.05) is 5.73 Å². The van der Waals surface area contributed by atoms with Gasteiger partial charge < -0.3 is 5.73 Å². The van der Waals surface area contributed by atoms with Gasteiger partial charge in [0.05, 0.1) is 0 Å². The molecule has 1 rings (SSSR count). The average Bonchev–Trinajstić information content (AvgIpc) is 2.30. The van der Waals surface area contributed by atoms with Gasteiger partial charge in [0.15, 0.2) is 0 Å². The predicted molar refractivity (Wildman–Crippen MR) is 67.6 cm³/mol. The molecule has 0 aliphatic heterocycles. The highest BCUT2D eigenvalue weighted by atomic mass is 32.2. The topological polar surface area (TPSA) is 81.1 Å². The highest BCUT2D eigenvalue weighted by Crippen LogP contribution is 2.32. The molecule has 0 aromatic heterocycles. The van der Waals surface area contributed by atoms with Crippen molar-refractivity contribution in [1.82, 2.24) is 5.43 Å². The number of halogens is 1. The summed E-state index contributed by atoms with van der Waals surface area (Å²) in [6, 6.07) is 4.22. The Balaban J connectivity index is 2.74. The van der Waals surface area contributed by atoms with Gasteiger partial charge in [0.2, 0.25) is 5.91 Å². The van der Waals surface area contributed by atoms with E-state index in [9.17, 15) is 9.18 Å². The first kappa shape index (κ1) is 13.8. The molecule has 1 aromatic rings. The van der Waals surface area contributed by atoms with Crippen molar-refractivity contribution in [3.8, 4) is 0 Å². The fourth-order valence-electron chi connectivity index (χ4n) is 1.27. The number of hydrogen-bond donors (Lipinski definition) is 3. The van der Waals surface area contributed by atoms with Gasteiger partial charge in [0.1, 0.15) is 5.82 Å². The molecule has 0 radical (unpaired) electrons. The molecule has 1 amide bonds. The number of anilines is 1. The highest BCUT2D eigenvalue weighted by Gasteiger charge is 2.21. The molecule has 0 heterocycles. The number of hydrogen-bond acceptors (Lipinski definition) is 4. The SMILES string of the molecule is CC(Sc1ccc(F)cc1N)C(C)C(=O)NN. The molecule has 2 unspecified atom stereocenters. The maximum Gasteiger partial charge on any atom is 0.237 e. The van der Waals surface area contributed by atoms with Crippen molar-refractivity contribution in [3.05, 3.63) is 24.0 Å². The number of thioether (sulfide) groups is 1. The highest BCUT2D eigenvalue weighted by molar-refractivity contribution is 8.00. The number of nitrogens with two attached hydrogens (primary N) is 2. The van der Waals surface area contributed by atoms with E-state index < -0.39 is 0 Å². The molecular weight excluding hydrogens is 241 g/mol. The molecule has 0 aliphatic rings. The van der Waals surface area contributed by atoms with E-state index in [-0.39, 0.29) is 22.9 Å². The molecule has 0 saturated carbocycles. The third-order valence-corrected chi connectivity index (χ3v) is 3.95. The Morgan fingerprint density at radius 3 is 2.65 bits per heavy atom. The van der Waals surface area contributed by atoms with Gasteiger partial charge in [-0.2, -0.15) is 0 Å². The molecule has 1 aromatic carbocycles. The van der Waals surface area contributed by atoms with Crippen molar-refractivity contribution < 1.29 is 9.18 Å². The van der Waals surface area contributed by atoms with E-state index in [4.69, 9.17) is 11.6 Å². The van der Waals surface area contributed by atoms with Gasteiger partial charge >= 0.3 is 0 Å². The Morgan fingerprint density at radius 1 is 1.47 bits per heavy atom. The molecule has 0 bridgehead atoms. The van der Waals surface area contributed by atoms with E-state index >= 15 is 0 Å². The van der Waals surface area contributed by atoms with Crippen LogP contribution in [0.2, 0.25) is 0 Å². The Labute approximate surface area is 104 Å². The lowest BCUT2D eigenvalue weighted by Gasteiger charge is -2.18. The fourth-order valence-corrected chi connectivity index (χ4v) is 2.34. The largest absolute Gasteiger partial charge is 0.398 e. The molecule has 0 spiro atoms. The van der Waals surface area contributed by atoms with E-state index in [1.807, 2.05) is 6.92 Å². The molecule has 94 valence electrons. The molecular formula is C11H16FN3OS. The lowest BCUT2D eigenvalue weighted by Crippen LogP contribution is -2.38. The summed E-state index contributed by atoms with van der Waals surface area (Å²) in [5.41, 5.74) is 8.18. The van der Waals surface area contributed by atoms with Crippen molar-refractivity contribution in [1.29, 1.82) is 0 Å². The third kappa shape index (κ3) is 3.61. The summed E-state index contributed by atoms with van der Waals surface area (Å²) >= 11 is 1.42. The molecule has 17 heavy (non-hydrogen) atoms. The zero-order valence-corrected chi connectivity index (χ0v) is 10.6. The van der Waals surface area contributed by atoms with Gasteiger partial charge in [0.25, 0.3) is 0 Å². The zero-order chi connectivity index (χ0) is 13.0. The van der Waals surface area contributed by atoms with Crippen LogP contribution >= 0.6 is 11.8 Å². The molecule has 0 fully saturated rings. The first-order valence-electron chi connectivity index (χ1n) is 5.18. The standard InChI is InChI=1S/C11H16FN3OS/c1-6(11(16)15-14)7(2)17-10-4-3-8(12)5-9(10)13/h3-7H,13-14H2,1-2H3,(H,15,16). The van der Waals surface area contributed by atoms with E-state index in [0.717, 1.165) is 4.90 Å². The summed E-state index contributed by atoms with van der Waals surface area (Å²) in [6.07, 6.45) is 0. The quantitative estimate of drug-likeness (QED) is 0.251. The first-order chi connectivity index (χ1) is 7.95. The van der Waals surface area contributed by atoms with E-state index in [1.165, 1.54) is 23.9 Å². The minimum Gasteiger partial charge on any atom is -0.398 e. The van der Waals surface area contributed by atoms with Crippen LogP contribution in [0.4, 0.5) is 10.1 Å². The number of nitrogen functional groups attached to an aromatic ring is 1. The number of carbonyl (C=O) groups excluding carboxylic acids is 1. The lowest BCUT2D eigenvalue weighted by molar-refractivity contribution is -0.124. The van der Waals surface area contributed by atoms with Gasteiger partial charge in [0, 0.05) is 21.8 Å². The Morgan fingerprint density at radius 2 is 2.12 bits per heavy atom. The minimum absolute atomic E-state index is 0.00805. The van der Waals surface area contributed by atoms with Crippen LogP contribution in [0.3, 0.4) is 0 Å². The summed E-state index contributed by atoms with van der Waals surface area (Å²) in [7, 11) is 0. The molecule has 0 saturated heterocycles. The van der Waals surface area contributed by atoms with Crippen LogP contribution in [-0.2, 0) is 4.79 Å². The van der Waals surface area contributed by atoms with Crippen LogP contribution in [0.25, 0.3) is 0 Å². The first-order valence-corrected chi connectivity index (χ1v) is 6.05. The molecule has 5 N–H and O–H groups in total. The van der Waals surface area contributed by atoms with Crippen LogP contribution in [0, 0.1) is 11.7 Å². The van der Waals surface area contributed by atoms with Gasteiger partial charge in [-0.05, 0) is 18.2 Å². The Hall–Kier alpha value is -1.27. The second-order valence-electron chi connectivity index (χ2n) is 3.80. The monoisotopic (exact) mass is 257 g/mol. The number of nitrogens with one attached hydrogen (secondary N) is 1. The average molecular weight is 257 g/mol. The minimum atomic E-state index is -0.368. The van der Waals surface area contributed by atoms with Crippen molar-refractivity contribution in [2.45, 2.75) is 24.0 Å². The van der Waals surface area contributed by atoms with Gasteiger partial charge in [-0.3, -0.25) is 10.2 Å². The number of benzene rings is 1. The van der Waals surface area contributed by atoms with Crippen LogP contribution in [0.1, 0.15) is 13.8 Å². The van der Waals surface area contributed by atoms with Gasteiger partial charge in [-0.25, -0.2) is 10.2 Å². The fraction of sp³-hybridized carbons (Fsp3) is 0.364. The number of hydrazine groups is 1. The summed E-state index contributed by atoms with van der Waals surface area (Å²) < 4.78 is 12.9. The normalized spacial score (nSPS) is 14.1. The number of carbonyl (C=O) groups is 1. The zero-order valence-electron chi connectivity index (χ0n) is 9.74. The molecule has 2 atom stereocenters. The van der Waals surface area contributed by atoms with E-state index in [2.05, 4.69) is 5.43 Å².